The molecule has 1 heterocycles. The third kappa shape index (κ3) is 3.32. The highest BCUT2D eigenvalue weighted by Crippen LogP contribution is 2.27. The van der Waals surface area contributed by atoms with Crippen molar-refractivity contribution in [2.45, 2.75) is 32.2 Å². The maximum absolute atomic E-state index is 12.3. The van der Waals surface area contributed by atoms with Crippen molar-refractivity contribution in [3.63, 3.8) is 0 Å². The first kappa shape index (κ1) is 14.4. The molecule has 106 valence electrons. The first-order valence-electron chi connectivity index (χ1n) is 6.25. The molecule has 0 spiro atoms. The number of anilines is 2. The Morgan fingerprint density at radius 2 is 2.16 bits per heavy atom. The molecule has 1 saturated heterocycles. The molecule has 1 aromatic carbocycles. The minimum absolute atomic E-state index is 0.00563. The molecule has 19 heavy (non-hydrogen) atoms. The van der Waals surface area contributed by atoms with Gasteiger partial charge in [-0.05, 0) is 38.0 Å². The number of benzene rings is 1. The third-order valence-electron chi connectivity index (χ3n) is 3.28. The van der Waals surface area contributed by atoms with Crippen molar-refractivity contribution < 1.29 is 8.42 Å². The Hall–Kier alpha value is -0.980. The van der Waals surface area contributed by atoms with Crippen LogP contribution in [0.3, 0.4) is 0 Å². The Balaban J connectivity index is 2.23. The van der Waals surface area contributed by atoms with E-state index in [9.17, 15) is 8.42 Å². The molecule has 1 aromatic rings. The van der Waals surface area contributed by atoms with Gasteiger partial charge in [0.15, 0.2) is 0 Å². The summed E-state index contributed by atoms with van der Waals surface area (Å²) >= 11 is 5.98. The minimum Gasteiger partial charge on any atom is -0.399 e. The lowest BCUT2D eigenvalue weighted by molar-refractivity contribution is 0.270. The topological polar surface area (TPSA) is 75.4 Å². The number of nitrogens with one attached hydrogen (secondary N) is 1. The molecule has 0 radical (unpaired) electrons. The number of hydrogen-bond acceptors (Lipinski definition) is 3. The minimum atomic E-state index is -3.58. The maximum atomic E-state index is 12.3. The summed E-state index contributed by atoms with van der Waals surface area (Å²) in [6.45, 7) is 2.45. The summed E-state index contributed by atoms with van der Waals surface area (Å²) in [6, 6.07) is 4.73. The molecule has 0 amide bonds. The monoisotopic (exact) mass is 303 g/mol. The van der Waals surface area contributed by atoms with Crippen LogP contribution in [-0.2, 0) is 10.2 Å². The summed E-state index contributed by atoms with van der Waals surface area (Å²) in [4.78, 5) is 0. The van der Waals surface area contributed by atoms with Gasteiger partial charge in [0.25, 0.3) is 0 Å². The van der Waals surface area contributed by atoms with Gasteiger partial charge in [0.1, 0.15) is 0 Å². The van der Waals surface area contributed by atoms with Crippen LogP contribution in [0, 0.1) is 0 Å². The summed E-state index contributed by atoms with van der Waals surface area (Å²) in [6.07, 6.45) is 2.83. The molecule has 3 N–H and O–H groups in total. The van der Waals surface area contributed by atoms with Crippen molar-refractivity contribution in [3.05, 3.63) is 23.2 Å². The Morgan fingerprint density at radius 1 is 1.42 bits per heavy atom. The second-order valence-electron chi connectivity index (χ2n) is 4.80. The van der Waals surface area contributed by atoms with Gasteiger partial charge in [-0.25, -0.2) is 0 Å². The number of halogens is 1. The summed E-state index contributed by atoms with van der Waals surface area (Å²) in [7, 11) is -3.58. The number of rotatable bonds is 3. The van der Waals surface area contributed by atoms with E-state index in [0.717, 1.165) is 19.3 Å². The first-order valence-corrected chi connectivity index (χ1v) is 8.06. The van der Waals surface area contributed by atoms with Crippen LogP contribution in [0.4, 0.5) is 11.4 Å². The van der Waals surface area contributed by atoms with Crippen LogP contribution < -0.4 is 10.5 Å². The zero-order valence-corrected chi connectivity index (χ0v) is 12.3. The Bertz CT molecular complexity index is 562. The van der Waals surface area contributed by atoms with Crippen molar-refractivity contribution >= 4 is 33.2 Å². The molecule has 0 bridgehead atoms. The molecule has 1 unspecified atom stereocenters. The van der Waals surface area contributed by atoms with Crippen LogP contribution in [0.25, 0.3) is 0 Å². The zero-order chi connectivity index (χ0) is 14.0. The summed E-state index contributed by atoms with van der Waals surface area (Å²) < 4.78 is 28.7. The molecule has 0 saturated carbocycles. The fourth-order valence-corrected chi connectivity index (χ4v) is 3.98. The van der Waals surface area contributed by atoms with E-state index < -0.39 is 10.2 Å². The normalized spacial score (nSPS) is 21.3. The van der Waals surface area contributed by atoms with Gasteiger partial charge in [-0.1, -0.05) is 18.0 Å². The zero-order valence-electron chi connectivity index (χ0n) is 10.8. The quantitative estimate of drug-likeness (QED) is 0.842. The van der Waals surface area contributed by atoms with Gasteiger partial charge in [-0.3, -0.25) is 4.72 Å². The average molecular weight is 304 g/mol. The van der Waals surface area contributed by atoms with Crippen LogP contribution in [0.1, 0.15) is 26.2 Å². The van der Waals surface area contributed by atoms with E-state index in [1.54, 1.807) is 12.1 Å². The molecule has 2 rings (SSSR count). The van der Waals surface area contributed by atoms with Gasteiger partial charge in [-0.15, -0.1) is 0 Å². The smallest absolute Gasteiger partial charge is 0.301 e. The van der Waals surface area contributed by atoms with E-state index in [4.69, 9.17) is 17.3 Å². The Labute approximate surface area is 118 Å². The van der Waals surface area contributed by atoms with Crippen LogP contribution >= 0.6 is 11.6 Å². The fraction of sp³-hybridized carbons (Fsp3) is 0.500. The highest BCUT2D eigenvalue weighted by molar-refractivity contribution is 7.90. The molecular weight excluding hydrogens is 286 g/mol. The van der Waals surface area contributed by atoms with Gasteiger partial charge in [-0.2, -0.15) is 12.7 Å². The second-order valence-corrected chi connectivity index (χ2v) is 6.83. The lowest BCUT2D eigenvalue weighted by Crippen LogP contribution is -2.44. The molecular formula is C12H18ClN3O2S. The van der Waals surface area contributed by atoms with Gasteiger partial charge in [0, 0.05) is 18.3 Å². The van der Waals surface area contributed by atoms with Crippen molar-refractivity contribution in [1.29, 1.82) is 0 Å². The van der Waals surface area contributed by atoms with Crippen molar-refractivity contribution in [3.8, 4) is 0 Å². The molecule has 7 heteroatoms. The Kier molecular flexibility index (Phi) is 4.23. The van der Waals surface area contributed by atoms with Crippen LogP contribution in [-0.4, -0.2) is 25.3 Å². The predicted molar refractivity (Wildman–Crippen MR) is 78.4 cm³/mol. The number of nitrogens with two attached hydrogens (primary N) is 1. The molecule has 5 nitrogen and oxygen atoms in total. The van der Waals surface area contributed by atoms with Gasteiger partial charge in [0.2, 0.25) is 0 Å². The molecule has 0 aromatic heterocycles. The Morgan fingerprint density at radius 3 is 2.84 bits per heavy atom. The average Bonchev–Trinajstić information content (AvgIpc) is 2.34. The fourth-order valence-electron chi connectivity index (χ4n) is 2.25. The highest BCUT2D eigenvalue weighted by Gasteiger charge is 2.29. The number of piperidine rings is 1. The number of hydrogen-bond donors (Lipinski definition) is 2. The number of nitrogens with zero attached hydrogens (tertiary/aromatic N) is 1. The summed E-state index contributed by atoms with van der Waals surface area (Å²) in [5.41, 5.74) is 6.43. The standard InChI is InChI=1S/C12H18ClN3O2S/c1-9-4-2-3-7-16(9)19(17,18)15-12-8-10(14)5-6-11(12)13/h5-6,8-9,15H,2-4,7,14H2,1H3. The summed E-state index contributed by atoms with van der Waals surface area (Å²) in [5, 5.41) is 0.336. The molecule has 1 fully saturated rings. The number of nitrogen functional groups attached to an aromatic ring is 1. The maximum Gasteiger partial charge on any atom is 0.301 e. The van der Waals surface area contributed by atoms with Gasteiger partial charge >= 0.3 is 10.2 Å². The van der Waals surface area contributed by atoms with E-state index >= 15 is 0 Å². The van der Waals surface area contributed by atoms with E-state index in [1.807, 2.05) is 6.92 Å². The molecule has 0 aliphatic carbocycles. The van der Waals surface area contributed by atoms with Gasteiger partial charge in [0.05, 0.1) is 10.7 Å². The van der Waals surface area contributed by atoms with Gasteiger partial charge < -0.3 is 5.73 Å². The van der Waals surface area contributed by atoms with Crippen molar-refractivity contribution in [1.82, 2.24) is 4.31 Å². The van der Waals surface area contributed by atoms with Crippen LogP contribution in [0.15, 0.2) is 18.2 Å². The van der Waals surface area contributed by atoms with Crippen molar-refractivity contribution in [2.75, 3.05) is 17.0 Å². The van der Waals surface area contributed by atoms with E-state index in [0.29, 0.717) is 22.9 Å². The second kappa shape index (κ2) is 5.56. The van der Waals surface area contributed by atoms with E-state index in [2.05, 4.69) is 4.72 Å². The van der Waals surface area contributed by atoms with E-state index in [-0.39, 0.29) is 6.04 Å². The lowest BCUT2D eigenvalue weighted by atomic mass is 10.1. The van der Waals surface area contributed by atoms with Crippen LogP contribution in [0.2, 0.25) is 5.02 Å². The highest BCUT2D eigenvalue weighted by atomic mass is 35.5. The largest absolute Gasteiger partial charge is 0.399 e. The van der Waals surface area contributed by atoms with E-state index in [1.165, 1.54) is 10.4 Å². The molecule has 1 atom stereocenters. The molecule has 1 aliphatic rings. The predicted octanol–water partition coefficient (Wildman–Crippen LogP) is 2.45. The third-order valence-corrected chi connectivity index (χ3v) is 5.25. The van der Waals surface area contributed by atoms with Crippen LogP contribution in [0.5, 0.6) is 0 Å². The molecule has 1 aliphatic heterocycles. The SMILES string of the molecule is CC1CCCCN1S(=O)(=O)Nc1cc(N)ccc1Cl. The van der Waals surface area contributed by atoms with Crippen molar-refractivity contribution in [2.24, 2.45) is 0 Å². The summed E-state index contributed by atoms with van der Waals surface area (Å²) in [5.74, 6) is 0. The first-order chi connectivity index (χ1) is 8.90. The lowest BCUT2D eigenvalue weighted by Gasteiger charge is -2.32.